The Bertz CT molecular complexity index is 928. The second kappa shape index (κ2) is 9.01. The minimum Gasteiger partial charge on any atom is -0.478 e. The summed E-state index contributed by atoms with van der Waals surface area (Å²) >= 11 is 0. The molecule has 1 fully saturated rings. The number of amides is 3. The largest absolute Gasteiger partial charge is 0.478 e. The van der Waals surface area contributed by atoms with Gasteiger partial charge in [0, 0.05) is 6.42 Å². The van der Waals surface area contributed by atoms with Crippen LogP contribution in [0.1, 0.15) is 34.3 Å². The number of carboxylic acids is 1. The second-order valence-corrected chi connectivity index (χ2v) is 6.60. The smallest absolute Gasteiger partial charge is 0.411 e. The van der Waals surface area contributed by atoms with Crippen molar-refractivity contribution in [1.82, 2.24) is 10.2 Å². The van der Waals surface area contributed by atoms with E-state index >= 15 is 0 Å². The molecule has 29 heavy (non-hydrogen) atoms. The van der Waals surface area contributed by atoms with Gasteiger partial charge in [0.2, 0.25) is 11.8 Å². The Morgan fingerprint density at radius 1 is 1.07 bits per heavy atom. The number of hydrogen-bond donors (Lipinski definition) is 2. The van der Waals surface area contributed by atoms with Crippen molar-refractivity contribution in [3.8, 4) is 0 Å². The van der Waals surface area contributed by atoms with Crippen LogP contribution in [0.15, 0.2) is 54.6 Å². The fourth-order valence-electron chi connectivity index (χ4n) is 3.13. The van der Waals surface area contributed by atoms with Crippen molar-refractivity contribution in [1.29, 1.82) is 0 Å². The minimum atomic E-state index is -1.14. The summed E-state index contributed by atoms with van der Waals surface area (Å²) in [6, 6.07) is 14.3. The molecular weight excluding hydrogens is 376 g/mol. The van der Waals surface area contributed by atoms with Gasteiger partial charge < -0.3 is 9.84 Å². The van der Waals surface area contributed by atoms with Gasteiger partial charge in [-0.3, -0.25) is 19.8 Å². The third-order valence-corrected chi connectivity index (χ3v) is 4.61. The number of nitrogens with zero attached hydrogens (tertiary/aromatic N) is 1. The first-order valence-corrected chi connectivity index (χ1v) is 9.08. The Balaban J connectivity index is 1.83. The second-order valence-electron chi connectivity index (χ2n) is 6.60. The fraction of sp³-hybridized carbons (Fsp3) is 0.238. The van der Waals surface area contributed by atoms with Crippen molar-refractivity contribution in [3.05, 3.63) is 71.3 Å². The van der Waals surface area contributed by atoms with Crippen LogP contribution >= 0.6 is 0 Å². The van der Waals surface area contributed by atoms with E-state index in [1.54, 1.807) is 30.3 Å². The summed E-state index contributed by atoms with van der Waals surface area (Å²) in [4.78, 5) is 49.3. The highest BCUT2D eigenvalue weighted by atomic mass is 16.6. The minimum absolute atomic E-state index is 0.00399. The Labute approximate surface area is 167 Å². The lowest BCUT2D eigenvalue weighted by Gasteiger charge is -2.32. The number of nitrogens with one attached hydrogen (secondary N) is 1. The van der Waals surface area contributed by atoms with Crippen molar-refractivity contribution in [2.75, 3.05) is 0 Å². The van der Waals surface area contributed by atoms with Crippen molar-refractivity contribution < 1.29 is 29.0 Å². The van der Waals surface area contributed by atoms with Crippen LogP contribution in [0.25, 0.3) is 0 Å². The standard InChI is InChI=1S/C21H20N2O6/c24-18-11-10-17(19(25)22-18)23(12-15-8-4-5-9-16(15)20(26)27)21(28)29-13-14-6-2-1-3-7-14/h1-9,17H,10-13H2,(H,26,27)(H,22,24,25). The molecule has 3 amide bonds. The molecule has 1 atom stereocenters. The average molecular weight is 396 g/mol. The van der Waals surface area contributed by atoms with Crippen LogP contribution in [0, 0.1) is 0 Å². The van der Waals surface area contributed by atoms with Crippen LogP contribution in [-0.2, 0) is 27.5 Å². The maximum absolute atomic E-state index is 12.8. The van der Waals surface area contributed by atoms with E-state index in [-0.39, 0.29) is 31.6 Å². The zero-order valence-corrected chi connectivity index (χ0v) is 15.5. The molecule has 0 bridgehead atoms. The predicted molar refractivity (Wildman–Crippen MR) is 102 cm³/mol. The first kappa shape index (κ1) is 20.1. The van der Waals surface area contributed by atoms with Crippen LogP contribution in [0.3, 0.4) is 0 Å². The Kier molecular flexibility index (Phi) is 6.23. The van der Waals surface area contributed by atoms with Crippen LogP contribution < -0.4 is 5.32 Å². The number of hydrogen-bond acceptors (Lipinski definition) is 5. The predicted octanol–water partition coefficient (Wildman–Crippen LogP) is 2.33. The van der Waals surface area contributed by atoms with Gasteiger partial charge in [-0.05, 0) is 23.6 Å². The van der Waals surface area contributed by atoms with E-state index in [0.29, 0.717) is 5.56 Å². The van der Waals surface area contributed by atoms with Gasteiger partial charge in [-0.1, -0.05) is 48.5 Å². The zero-order chi connectivity index (χ0) is 20.8. The van der Waals surface area contributed by atoms with E-state index in [1.807, 2.05) is 18.2 Å². The third-order valence-electron chi connectivity index (χ3n) is 4.61. The number of carbonyl (C=O) groups excluding carboxylic acids is 3. The zero-order valence-electron chi connectivity index (χ0n) is 15.5. The monoisotopic (exact) mass is 396 g/mol. The highest BCUT2D eigenvalue weighted by Crippen LogP contribution is 2.20. The lowest BCUT2D eigenvalue weighted by atomic mass is 10.0. The third kappa shape index (κ3) is 4.98. The van der Waals surface area contributed by atoms with Gasteiger partial charge in [0.05, 0.1) is 12.1 Å². The summed E-state index contributed by atoms with van der Waals surface area (Å²) in [5.74, 6) is -2.15. The number of benzene rings is 2. The van der Waals surface area contributed by atoms with Gasteiger partial charge in [-0.25, -0.2) is 9.59 Å². The van der Waals surface area contributed by atoms with E-state index in [9.17, 15) is 24.3 Å². The summed E-state index contributed by atoms with van der Waals surface area (Å²) in [6.45, 7) is -0.133. The van der Waals surface area contributed by atoms with Crippen molar-refractivity contribution in [2.24, 2.45) is 0 Å². The highest BCUT2D eigenvalue weighted by Gasteiger charge is 2.35. The molecule has 3 rings (SSSR count). The molecule has 2 aromatic carbocycles. The summed E-state index contributed by atoms with van der Waals surface area (Å²) in [6.07, 6.45) is -0.539. The molecule has 0 radical (unpaired) electrons. The maximum Gasteiger partial charge on any atom is 0.411 e. The molecule has 1 aliphatic rings. The number of carbonyl (C=O) groups is 4. The summed E-state index contributed by atoms with van der Waals surface area (Å²) in [7, 11) is 0. The molecule has 0 aliphatic carbocycles. The number of carboxylic acid groups (broad SMARTS) is 1. The van der Waals surface area contributed by atoms with Gasteiger partial charge in [-0.2, -0.15) is 0 Å². The molecule has 0 saturated carbocycles. The number of ether oxygens (including phenoxy) is 1. The SMILES string of the molecule is O=C1CCC(N(Cc2ccccc2C(=O)O)C(=O)OCc2ccccc2)C(=O)N1. The Morgan fingerprint density at radius 3 is 2.45 bits per heavy atom. The molecule has 150 valence electrons. The number of piperidine rings is 1. The van der Waals surface area contributed by atoms with Gasteiger partial charge in [0.25, 0.3) is 0 Å². The summed E-state index contributed by atoms with van der Waals surface area (Å²) < 4.78 is 5.37. The summed E-state index contributed by atoms with van der Waals surface area (Å²) in [5, 5.41) is 11.6. The molecule has 1 aliphatic heterocycles. The van der Waals surface area contributed by atoms with E-state index < -0.39 is 29.9 Å². The molecule has 1 heterocycles. The van der Waals surface area contributed by atoms with Crippen LogP contribution in [-0.4, -0.2) is 39.9 Å². The summed E-state index contributed by atoms with van der Waals surface area (Å²) in [5.41, 5.74) is 1.16. The van der Waals surface area contributed by atoms with Crippen LogP contribution in [0.2, 0.25) is 0 Å². The molecule has 0 aromatic heterocycles. The van der Waals surface area contributed by atoms with E-state index in [0.717, 1.165) is 5.56 Å². The molecule has 0 spiro atoms. The van der Waals surface area contributed by atoms with Gasteiger partial charge in [-0.15, -0.1) is 0 Å². The Morgan fingerprint density at radius 2 is 1.76 bits per heavy atom. The van der Waals surface area contributed by atoms with Crippen molar-refractivity contribution >= 4 is 23.9 Å². The molecule has 8 nitrogen and oxygen atoms in total. The molecule has 8 heteroatoms. The molecular formula is C21H20N2O6. The number of imide groups is 1. The van der Waals surface area contributed by atoms with E-state index in [4.69, 9.17) is 4.74 Å². The lowest BCUT2D eigenvalue weighted by molar-refractivity contribution is -0.137. The van der Waals surface area contributed by atoms with Crippen LogP contribution in [0.5, 0.6) is 0 Å². The maximum atomic E-state index is 12.8. The lowest BCUT2D eigenvalue weighted by Crippen LogP contribution is -2.54. The van der Waals surface area contributed by atoms with Crippen molar-refractivity contribution in [3.63, 3.8) is 0 Å². The van der Waals surface area contributed by atoms with Gasteiger partial charge in [0.1, 0.15) is 12.6 Å². The molecule has 1 saturated heterocycles. The van der Waals surface area contributed by atoms with Gasteiger partial charge in [0.15, 0.2) is 0 Å². The quantitative estimate of drug-likeness (QED) is 0.725. The molecule has 2 aromatic rings. The van der Waals surface area contributed by atoms with Crippen molar-refractivity contribution in [2.45, 2.75) is 32.0 Å². The van der Waals surface area contributed by atoms with Gasteiger partial charge >= 0.3 is 12.1 Å². The molecule has 2 N–H and O–H groups in total. The average Bonchev–Trinajstić information content (AvgIpc) is 2.71. The molecule has 1 unspecified atom stereocenters. The Hall–Kier alpha value is -3.68. The number of aromatic carboxylic acids is 1. The normalized spacial score (nSPS) is 16.1. The highest BCUT2D eigenvalue weighted by molar-refractivity contribution is 6.01. The van der Waals surface area contributed by atoms with E-state index in [1.165, 1.54) is 11.0 Å². The first-order valence-electron chi connectivity index (χ1n) is 9.08. The van der Waals surface area contributed by atoms with Crippen LogP contribution in [0.4, 0.5) is 4.79 Å². The number of rotatable bonds is 6. The first-order chi connectivity index (χ1) is 14.0. The van der Waals surface area contributed by atoms with E-state index in [2.05, 4.69) is 5.32 Å². The fourth-order valence-corrected chi connectivity index (χ4v) is 3.13. The topological polar surface area (TPSA) is 113 Å².